The average molecular weight is 291 g/mol. The minimum Gasteiger partial charge on any atom is -0.505 e. The first-order chi connectivity index (χ1) is 9.90. The summed E-state index contributed by atoms with van der Waals surface area (Å²) in [6.45, 7) is 0. The zero-order chi connectivity index (χ0) is 15.6. The Morgan fingerprint density at radius 1 is 1.33 bits per heavy atom. The van der Waals surface area contributed by atoms with Gasteiger partial charge in [0.2, 0.25) is 0 Å². The lowest BCUT2D eigenvalue weighted by Crippen LogP contribution is -2.13. The van der Waals surface area contributed by atoms with Crippen molar-refractivity contribution in [1.29, 1.82) is 0 Å². The van der Waals surface area contributed by atoms with Gasteiger partial charge in [-0.3, -0.25) is 14.9 Å². The van der Waals surface area contributed by atoms with Crippen molar-refractivity contribution in [3.8, 4) is 5.75 Å². The molecule has 0 unspecified atom stereocenters. The van der Waals surface area contributed by atoms with Crippen LogP contribution in [0, 0.1) is 15.9 Å². The van der Waals surface area contributed by atoms with Gasteiger partial charge in [0, 0.05) is 11.6 Å². The highest BCUT2D eigenvalue weighted by Gasteiger charge is 2.20. The Kier molecular flexibility index (Phi) is 3.70. The van der Waals surface area contributed by atoms with E-state index in [1.807, 2.05) is 0 Å². The number of amides is 1. The number of phenolic OH excluding ortho intramolecular Hbond substituents is 1. The third-order valence-electron chi connectivity index (χ3n) is 2.72. The molecular weight excluding hydrogens is 281 g/mol. The molecule has 7 nitrogen and oxygen atoms in total. The number of nitrogens with zero attached hydrogens (tertiary/aromatic N) is 1. The summed E-state index contributed by atoms with van der Waals surface area (Å²) in [4.78, 5) is 22.1. The van der Waals surface area contributed by atoms with Gasteiger partial charge in [-0.2, -0.15) is 0 Å². The van der Waals surface area contributed by atoms with E-state index in [1.165, 1.54) is 24.3 Å². The zero-order valence-corrected chi connectivity index (χ0v) is 10.5. The van der Waals surface area contributed by atoms with Gasteiger partial charge in [0.25, 0.3) is 11.6 Å². The SMILES string of the molecule is Nc1ccc(C(=O)Nc2c(O)cccc2[N+](=O)[O-])cc1F. The lowest BCUT2D eigenvalue weighted by molar-refractivity contribution is -0.384. The lowest BCUT2D eigenvalue weighted by atomic mass is 10.1. The molecule has 2 rings (SSSR count). The van der Waals surface area contributed by atoms with E-state index >= 15 is 0 Å². The molecule has 0 bridgehead atoms. The molecule has 0 aliphatic rings. The molecule has 0 spiro atoms. The second-order valence-corrected chi connectivity index (χ2v) is 4.12. The molecule has 8 heteroatoms. The van der Waals surface area contributed by atoms with Crippen molar-refractivity contribution in [2.75, 3.05) is 11.1 Å². The summed E-state index contributed by atoms with van der Waals surface area (Å²) >= 11 is 0. The largest absolute Gasteiger partial charge is 0.505 e. The van der Waals surface area contributed by atoms with E-state index in [-0.39, 0.29) is 16.9 Å². The number of phenols is 1. The van der Waals surface area contributed by atoms with Crippen molar-refractivity contribution >= 4 is 23.0 Å². The van der Waals surface area contributed by atoms with E-state index in [1.54, 1.807) is 0 Å². The molecule has 0 aliphatic heterocycles. The van der Waals surface area contributed by atoms with Crippen LogP contribution in [-0.2, 0) is 0 Å². The number of benzene rings is 2. The Hall–Kier alpha value is -3.16. The highest BCUT2D eigenvalue weighted by atomic mass is 19.1. The summed E-state index contributed by atoms with van der Waals surface area (Å²) in [5, 5.41) is 22.7. The van der Waals surface area contributed by atoms with Crippen molar-refractivity contribution in [2.24, 2.45) is 0 Å². The third kappa shape index (κ3) is 2.89. The van der Waals surface area contributed by atoms with Gasteiger partial charge >= 0.3 is 0 Å². The molecule has 21 heavy (non-hydrogen) atoms. The maximum Gasteiger partial charge on any atom is 0.296 e. The lowest BCUT2D eigenvalue weighted by Gasteiger charge is -2.08. The van der Waals surface area contributed by atoms with Gasteiger partial charge < -0.3 is 16.2 Å². The smallest absolute Gasteiger partial charge is 0.296 e. The molecule has 0 aliphatic carbocycles. The molecule has 0 fully saturated rings. The maximum atomic E-state index is 13.3. The fourth-order valence-corrected chi connectivity index (χ4v) is 1.66. The normalized spacial score (nSPS) is 10.1. The molecule has 0 saturated heterocycles. The van der Waals surface area contributed by atoms with Gasteiger partial charge in [0.1, 0.15) is 11.6 Å². The van der Waals surface area contributed by atoms with Gasteiger partial charge in [-0.25, -0.2) is 4.39 Å². The molecule has 4 N–H and O–H groups in total. The van der Waals surface area contributed by atoms with Crippen LogP contribution in [0.5, 0.6) is 5.75 Å². The van der Waals surface area contributed by atoms with Crippen LogP contribution in [0.3, 0.4) is 0 Å². The summed E-state index contributed by atoms with van der Waals surface area (Å²) in [5.74, 6) is -2.05. The second kappa shape index (κ2) is 5.45. The monoisotopic (exact) mass is 291 g/mol. The number of nitro groups is 1. The Morgan fingerprint density at radius 3 is 2.67 bits per heavy atom. The first-order valence-electron chi connectivity index (χ1n) is 5.73. The van der Waals surface area contributed by atoms with E-state index in [0.717, 1.165) is 12.1 Å². The number of hydrogen-bond acceptors (Lipinski definition) is 5. The van der Waals surface area contributed by atoms with Gasteiger partial charge in [-0.05, 0) is 24.3 Å². The zero-order valence-electron chi connectivity index (χ0n) is 10.5. The van der Waals surface area contributed by atoms with Crippen molar-refractivity contribution in [3.63, 3.8) is 0 Å². The first-order valence-corrected chi connectivity index (χ1v) is 5.73. The molecule has 0 saturated carbocycles. The van der Waals surface area contributed by atoms with Crippen LogP contribution in [-0.4, -0.2) is 15.9 Å². The topological polar surface area (TPSA) is 118 Å². The second-order valence-electron chi connectivity index (χ2n) is 4.12. The standard InChI is InChI=1S/C13H10FN3O4/c14-8-6-7(4-5-9(8)15)13(19)16-12-10(17(20)21)2-1-3-11(12)18/h1-6,18H,15H2,(H,16,19). The minimum absolute atomic E-state index is 0.0840. The van der Waals surface area contributed by atoms with Crippen molar-refractivity contribution in [1.82, 2.24) is 0 Å². The number of rotatable bonds is 3. The Labute approximate surface area is 118 Å². The summed E-state index contributed by atoms with van der Waals surface area (Å²) < 4.78 is 13.3. The molecule has 0 heterocycles. The molecular formula is C13H10FN3O4. The van der Waals surface area contributed by atoms with Gasteiger partial charge in [-0.1, -0.05) is 6.07 Å². The quantitative estimate of drug-likeness (QED) is 0.347. The number of nitrogens with one attached hydrogen (secondary N) is 1. The Balaban J connectivity index is 2.36. The summed E-state index contributed by atoms with van der Waals surface area (Å²) in [7, 11) is 0. The van der Waals surface area contributed by atoms with Crippen LogP contribution in [0.4, 0.5) is 21.5 Å². The number of anilines is 2. The van der Waals surface area contributed by atoms with Crippen LogP contribution < -0.4 is 11.1 Å². The molecule has 0 radical (unpaired) electrons. The average Bonchev–Trinajstić information content (AvgIpc) is 2.43. The van der Waals surface area contributed by atoms with E-state index < -0.39 is 28.1 Å². The number of nitrogens with two attached hydrogens (primary N) is 1. The number of nitrogen functional groups attached to an aromatic ring is 1. The van der Waals surface area contributed by atoms with E-state index in [2.05, 4.69) is 5.32 Å². The van der Waals surface area contributed by atoms with E-state index in [9.17, 15) is 24.4 Å². The number of hydrogen-bond donors (Lipinski definition) is 3. The Bertz CT molecular complexity index is 733. The summed E-state index contributed by atoms with van der Waals surface area (Å²) in [5.41, 5.74) is 4.25. The molecule has 0 atom stereocenters. The number of carbonyl (C=O) groups is 1. The molecule has 1 amide bonds. The predicted molar refractivity (Wildman–Crippen MR) is 73.5 cm³/mol. The minimum atomic E-state index is -0.807. The highest BCUT2D eigenvalue weighted by molar-refractivity contribution is 6.06. The summed E-state index contributed by atoms with van der Waals surface area (Å²) in [6, 6.07) is 6.94. The fraction of sp³-hybridized carbons (Fsp3) is 0. The van der Waals surface area contributed by atoms with Crippen LogP contribution in [0.25, 0.3) is 0 Å². The highest BCUT2D eigenvalue weighted by Crippen LogP contribution is 2.33. The summed E-state index contributed by atoms with van der Waals surface area (Å²) in [6.07, 6.45) is 0. The number of carbonyl (C=O) groups excluding carboxylic acids is 1. The van der Waals surface area contributed by atoms with Crippen molar-refractivity contribution < 1.29 is 19.2 Å². The van der Waals surface area contributed by atoms with Gasteiger partial charge in [0.15, 0.2) is 5.69 Å². The van der Waals surface area contributed by atoms with E-state index in [0.29, 0.717) is 0 Å². The van der Waals surface area contributed by atoms with Crippen LogP contribution in [0.2, 0.25) is 0 Å². The molecule has 2 aromatic rings. The predicted octanol–water partition coefficient (Wildman–Crippen LogP) is 2.27. The number of nitro benzene ring substituents is 1. The van der Waals surface area contributed by atoms with Crippen LogP contribution >= 0.6 is 0 Å². The number of para-hydroxylation sites is 1. The molecule has 0 aromatic heterocycles. The van der Waals surface area contributed by atoms with Gasteiger partial charge in [-0.15, -0.1) is 0 Å². The fourth-order valence-electron chi connectivity index (χ4n) is 1.66. The molecule has 2 aromatic carbocycles. The van der Waals surface area contributed by atoms with Crippen LogP contribution in [0.1, 0.15) is 10.4 Å². The van der Waals surface area contributed by atoms with Crippen molar-refractivity contribution in [2.45, 2.75) is 0 Å². The third-order valence-corrected chi connectivity index (χ3v) is 2.72. The first kappa shape index (κ1) is 14.3. The Morgan fingerprint density at radius 2 is 2.05 bits per heavy atom. The molecule has 108 valence electrons. The number of aromatic hydroxyl groups is 1. The van der Waals surface area contributed by atoms with Crippen molar-refractivity contribution in [3.05, 3.63) is 57.9 Å². The maximum absolute atomic E-state index is 13.3. The number of halogens is 1. The van der Waals surface area contributed by atoms with E-state index in [4.69, 9.17) is 5.73 Å². The van der Waals surface area contributed by atoms with Gasteiger partial charge in [0.05, 0.1) is 10.6 Å². The van der Waals surface area contributed by atoms with Crippen LogP contribution in [0.15, 0.2) is 36.4 Å².